The van der Waals surface area contributed by atoms with Gasteiger partial charge in [0, 0.05) is 44.8 Å². The SMILES string of the molecule is CCC(=O)NCC(C1OCCc2ccccc21)N1CCN(c2ccc(OC)cc2)CC1. The first kappa shape index (κ1) is 21.7. The maximum Gasteiger partial charge on any atom is 0.219 e. The summed E-state index contributed by atoms with van der Waals surface area (Å²) in [4.78, 5) is 16.9. The standard InChI is InChI=1S/C25H33N3O3/c1-3-24(29)26-18-23(25-22-7-5-4-6-19(22)12-17-31-25)28-15-13-27(14-16-28)20-8-10-21(30-2)11-9-20/h4-11,23,25H,3,12-18H2,1-2H3,(H,26,29). The van der Waals surface area contributed by atoms with Crippen molar-refractivity contribution in [3.8, 4) is 5.75 Å². The summed E-state index contributed by atoms with van der Waals surface area (Å²) >= 11 is 0. The van der Waals surface area contributed by atoms with E-state index in [0.717, 1.165) is 45.0 Å². The van der Waals surface area contributed by atoms with Crippen LogP contribution in [-0.4, -0.2) is 63.3 Å². The fourth-order valence-corrected chi connectivity index (χ4v) is 4.62. The van der Waals surface area contributed by atoms with E-state index in [9.17, 15) is 4.79 Å². The topological polar surface area (TPSA) is 54.0 Å². The van der Waals surface area contributed by atoms with Gasteiger partial charge in [-0.15, -0.1) is 0 Å². The highest BCUT2D eigenvalue weighted by atomic mass is 16.5. The van der Waals surface area contributed by atoms with Crippen LogP contribution in [0.5, 0.6) is 5.75 Å². The maximum atomic E-state index is 12.0. The molecule has 0 spiro atoms. The van der Waals surface area contributed by atoms with E-state index in [1.54, 1.807) is 7.11 Å². The summed E-state index contributed by atoms with van der Waals surface area (Å²) in [6.45, 7) is 6.98. The zero-order chi connectivity index (χ0) is 21.6. The van der Waals surface area contributed by atoms with Crippen LogP contribution in [0.4, 0.5) is 5.69 Å². The Bertz CT molecular complexity index is 863. The van der Waals surface area contributed by atoms with Crippen molar-refractivity contribution in [2.45, 2.75) is 31.9 Å². The van der Waals surface area contributed by atoms with E-state index >= 15 is 0 Å². The summed E-state index contributed by atoms with van der Waals surface area (Å²) in [7, 11) is 1.69. The lowest BCUT2D eigenvalue weighted by molar-refractivity contribution is -0.121. The normalized spacial score (nSPS) is 20.1. The van der Waals surface area contributed by atoms with Crippen molar-refractivity contribution in [3.63, 3.8) is 0 Å². The lowest BCUT2D eigenvalue weighted by atomic mass is 9.92. The zero-order valence-corrected chi connectivity index (χ0v) is 18.5. The van der Waals surface area contributed by atoms with Crippen molar-refractivity contribution >= 4 is 11.6 Å². The third-order valence-electron chi connectivity index (χ3n) is 6.43. The van der Waals surface area contributed by atoms with E-state index in [-0.39, 0.29) is 18.1 Å². The van der Waals surface area contributed by atoms with Crippen LogP contribution in [0.3, 0.4) is 0 Å². The molecule has 2 unspecified atom stereocenters. The third kappa shape index (κ3) is 5.02. The molecule has 2 aliphatic heterocycles. The fraction of sp³-hybridized carbons (Fsp3) is 0.480. The maximum absolute atomic E-state index is 12.0. The molecule has 4 rings (SSSR count). The number of benzene rings is 2. The molecular formula is C25H33N3O3. The van der Waals surface area contributed by atoms with E-state index in [1.807, 2.05) is 19.1 Å². The highest BCUT2D eigenvalue weighted by Crippen LogP contribution is 2.32. The lowest BCUT2D eigenvalue weighted by Gasteiger charge is -2.44. The minimum Gasteiger partial charge on any atom is -0.497 e. The number of anilines is 1. The molecule has 2 aromatic rings. The highest BCUT2D eigenvalue weighted by molar-refractivity contribution is 5.75. The van der Waals surface area contributed by atoms with E-state index in [1.165, 1.54) is 16.8 Å². The van der Waals surface area contributed by atoms with Crippen LogP contribution < -0.4 is 15.0 Å². The van der Waals surface area contributed by atoms with Crippen LogP contribution in [-0.2, 0) is 16.0 Å². The van der Waals surface area contributed by atoms with Crippen molar-refractivity contribution in [3.05, 3.63) is 59.7 Å². The number of rotatable bonds is 7. The van der Waals surface area contributed by atoms with Gasteiger partial charge < -0.3 is 19.7 Å². The molecule has 0 aliphatic carbocycles. The smallest absolute Gasteiger partial charge is 0.219 e. The van der Waals surface area contributed by atoms with Crippen molar-refractivity contribution < 1.29 is 14.3 Å². The van der Waals surface area contributed by atoms with Gasteiger partial charge in [-0.05, 0) is 41.8 Å². The van der Waals surface area contributed by atoms with E-state index < -0.39 is 0 Å². The average molecular weight is 424 g/mol. The molecule has 1 amide bonds. The predicted molar refractivity (Wildman–Crippen MR) is 123 cm³/mol. The number of hydrogen-bond donors (Lipinski definition) is 1. The summed E-state index contributed by atoms with van der Waals surface area (Å²) in [5, 5.41) is 3.13. The number of hydrogen-bond acceptors (Lipinski definition) is 5. The molecule has 1 fully saturated rings. The Labute approximate surface area is 185 Å². The third-order valence-corrected chi connectivity index (χ3v) is 6.43. The van der Waals surface area contributed by atoms with Crippen molar-refractivity contribution in [1.29, 1.82) is 0 Å². The molecule has 31 heavy (non-hydrogen) atoms. The molecule has 2 aliphatic rings. The van der Waals surface area contributed by atoms with Gasteiger partial charge in [0.25, 0.3) is 0 Å². The molecule has 1 saturated heterocycles. The van der Waals surface area contributed by atoms with Crippen LogP contribution >= 0.6 is 0 Å². The van der Waals surface area contributed by atoms with Crippen LogP contribution in [0.2, 0.25) is 0 Å². The number of amides is 1. The number of carbonyl (C=O) groups is 1. The number of piperazine rings is 1. The molecule has 166 valence electrons. The molecule has 6 heteroatoms. The molecule has 0 bridgehead atoms. The van der Waals surface area contributed by atoms with Gasteiger partial charge in [-0.25, -0.2) is 0 Å². The van der Waals surface area contributed by atoms with Gasteiger partial charge in [-0.3, -0.25) is 9.69 Å². The summed E-state index contributed by atoms with van der Waals surface area (Å²) in [6, 6.07) is 17.0. The Morgan fingerprint density at radius 2 is 1.87 bits per heavy atom. The average Bonchev–Trinajstić information content (AvgIpc) is 2.84. The Kier molecular flexibility index (Phi) is 7.10. The molecule has 2 atom stereocenters. The number of fused-ring (bicyclic) bond motifs is 1. The second-order valence-electron chi connectivity index (χ2n) is 8.19. The first-order valence-corrected chi connectivity index (χ1v) is 11.3. The summed E-state index contributed by atoms with van der Waals surface area (Å²) in [5.41, 5.74) is 3.85. The molecule has 0 saturated carbocycles. The quantitative estimate of drug-likeness (QED) is 0.742. The fourth-order valence-electron chi connectivity index (χ4n) is 4.62. The summed E-state index contributed by atoms with van der Waals surface area (Å²) in [6.07, 6.45) is 1.43. The van der Waals surface area contributed by atoms with Gasteiger partial charge in [-0.1, -0.05) is 31.2 Å². The number of nitrogens with one attached hydrogen (secondary N) is 1. The predicted octanol–water partition coefficient (Wildman–Crippen LogP) is 3.03. The van der Waals surface area contributed by atoms with Gasteiger partial charge in [-0.2, -0.15) is 0 Å². The number of nitrogens with zero attached hydrogens (tertiary/aromatic N) is 2. The molecule has 1 N–H and O–H groups in total. The van der Waals surface area contributed by atoms with Gasteiger partial charge in [0.15, 0.2) is 0 Å². The van der Waals surface area contributed by atoms with Crippen molar-refractivity contribution in [2.24, 2.45) is 0 Å². The van der Waals surface area contributed by atoms with Gasteiger partial charge in [0.05, 0.1) is 25.9 Å². The van der Waals surface area contributed by atoms with Gasteiger partial charge in [0.2, 0.25) is 5.91 Å². The van der Waals surface area contributed by atoms with Crippen LogP contribution in [0, 0.1) is 0 Å². The summed E-state index contributed by atoms with van der Waals surface area (Å²) < 4.78 is 11.6. The molecule has 2 heterocycles. The number of methoxy groups -OCH3 is 1. The summed E-state index contributed by atoms with van der Waals surface area (Å²) in [5.74, 6) is 0.966. The minimum absolute atomic E-state index is 0.0188. The first-order valence-electron chi connectivity index (χ1n) is 11.3. The molecular weight excluding hydrogens is 390 g/mol. The second-order valence-corrected chi connectivity index (χ2v) is 8.19. The Morgan fingerprint density at radius 3 is 2.58 bits per heavy atom. The van der Waals surface area contributed by atoms with Gasteiger partial charge in [0.1, 0.15) is 5.75 Å². The van der Waals surface area contributed by atoms with E-state index in [0.29, 0.717) is 13.0 Å². The van der Waals surface area contributed by atoms with E-state index in [4.69, 9.17) is 9.47 Å². The largest absolute Gasteiger partial charge is 0.497 e. The first-order chi connectivity index (χ1) is 15.2. The van der Waals surface area contributed by atoms with Crippen molar-refractivity contribution in [1.82, 2.24) is 10.2 Å². The zero-order valence-electron chi connectivity index (χ0n) is 18.5. The molecule has 6 nitrogen and oxygen atoms in total. The molecule has 0 aromatic heterocycles. The second kappa shape index (κ2) is 10.2. The van der Waals surface area contributed by atoms with Crippen LogP contribution in [0.15, 0.2) is 48.5 Å². The highest BCUT2D eigenvalue weighted by Gasteiger charge is 2.34. The molecule has 0 radical (unpaired) electrons. The van der Waals surface area contributed by atoms with Crippen molar-refractivity contribution in [2.75, 3.05) is 51.3 Å². The number of carbonyl (C=O) groups excluding carboxylic acids is 1. The van der Waals surface area contributed by atoms with Crippen LogP contribution in [0.25, 0.3) is 0 Å². The minimum atomic E-state index is -0.0188. The number of ether oxygens (including phenoxy) is 2. The monoisotopic (exact) mass is 423 g/mol. The Hall–Kier alpha value is -2.57. The molecule has 2 aromatic carbocycles. The van der Waals surface area contributed by atoms with Gasteiger partial charge >= 0.3 is 0 Å². The lowest BCUT2D eigenvalue weighted by Crippen LogP contribution is -2.56. The van der Waals surface area contributed by atoms with E-state index in [2.05, 4.69) is 51.5 Å². The van der Waals surface area contributed by atoms with Crippen LogP contribution in [0.1, 0.15) is 30.6 Å². The Balaban J connectivity index is 1.48. The Morgan fingerprint density at radius 1 is 1.13 bits per heavy atom.